The van der Waals surface area contributed by atoms with E-state index in [0.29, 0.717) is 5.41 Å². The summed E-state index contributed by atoms with van der Waals surface area (Å²) >= 11 is 0. The molecule has 0 heterocycles. The summed E-state index contributed by atoms with van der Waals surface area (Å²) in [6, 6.07) is 0. The van der Waals surface area contributed by atoms with Gasteiger partial charge in [0.15, 0.2) is 0 Å². The molecule has 2 aliphatic carbocycles. The van der Waals surface area contributed by atoms with Crippen LogP contribution in [0.3, 0.4) is 0 Å². The molecule has 1 N–H and O–H groups in total. The normalized spacial score (nSPS) is 47.0. The fourth-order valence-corrected chi connectivity index (χ4v) is 4.45. The third-order valence-electron chi connectivity index (χ3n) is 5.32. The standard InChI is InChI=1S/C14H26O/c1-3-12-8-6-7-11(2)14(12)10-5-4-9-13(14)15/h11-13,15H,3-10H2,1-2H3. The third-order valence-corrected chi connectivity index (χ3v) is 5.32. The first-order valence-electron chi connectivity index (χ1n) is 6.90. The number of aliphatic hydroxyl groups excluding tert-OH is 1. The lowest BCUT2D eigenvalue weighted by atomic mass is 9.53. The minimum Gasteiger partial charge on any atom is -0.393 e. The van der Waals surface area contributed by atoms with Crippen molar-refractivity contribution in [1.82, 2.24) is 0 Å². The van der Waals surface area contributed by atoms with Crippen molar-refractivity contribution >= 4 is 0 Å². The molecule has 1 spiro atoms. The first kappa shape index (κ1) is 11.4. The van der Waals surface area contributed by atoms with Gasteiger partial charge in [-0.1, -0.05) is 46.0 Å². The topological polar surface area (TPSA) is 20.2 Å². The van der Waals surface area contributed by atoms with Gasteiger partial charge in [0.25, 0.3) is 0 Å². The highest BCUT2D eigenvalue weighted by Crippen LogP contribution is 2.55. The van der Waals surface area contributed by atoms with E-state index in [1.165, 1.54) is 44.9 Å². The lowest BCUT2D eigenvalue weighted by molar-refractivity contribution is -0.110. The molecule has 1 nitrogen and oxygen atoms in total. The van der Waals surface area contributed by atoms with Crippen molar-refractivity contribution < 1.29 is 5.11 Å². The van der Waals surface area contributed by atoms with Crippen molar-refractivity contribution in [3.05, 3.63) is 0 Å². The van der Waals surface area contributed by atoms with Crippen LogP contribution < -0.4 is 0 Å². The average Bonchev–Trinajstić information content (AvgIpc) is 2.25. The molecule has 0 aliphatic heterocycles. The number of hydrogen-bond donors (Lipinski definition) is 1. The Morgan fingerprint density at radius 1 is 1.13 bits per heavy atom. The van der Waals surface area contributed by atoms with Crippen LogP contribution in [0.5, 0.6) is 0 Å². The second-order valence-corrected chi connectivity index (χ2v) is 5.81. The molecule has 1 heteroatoms. The summed E-state index contributed by atoms with van der Waals surface area (Å²) in [5.74, 6) is 1.53. The zero-order chi connectivity index (χ0) is 10.9. The summed E-state index contributed by atoms with van der Waals surface area (Å²) < 4.78 is 0. The van der Waals surface area contributed by atoms with Crippen molar-refractivity contribution in [3.8, 4) is 0 Å². The van der Waals surface area contributed by atoms with Gasteiger partial charge in [-0.15, -0.1) is 0 Å². The van der Waals surface area contributed by atoms with Crippen LogP contribution in [0, 0.1) is 17.3 Å². The molecule has 88 valence electrons. The Hall–Kier alpha value is -0.0400. The zero-order valence-electron chi connectivity index (χ0n) is 10.3. The Labute approximate surface area is 94.3 Å². The molecule has 4 unspecified atom stereocenters. The largest absolute Gasteiger partial charge is 0.393 e. The van der Waals surface area contributed by atoms with Gasteiger partial charge in [-0.25, -0.2) is 0 Å². The van der Waals surface area contributed by atoms with Crippen molar-refractivity contribution in [2.45, 2.75) is 71.3 Å². The molecule has 2 fully saturated rings. The predicted octanol–water partition coefficient (Wildman–Crippen LogP) is 3.75. The molecule has 0 radical (unpaired) electrons. The van der Waals surface area contributed by atoms with Crippen LogP contribution in [0.2, 0.25) is 0 Å². The van der Waals surface area contributed by atoms with Crippen LogP contribution in [0.15, 0.2) is 0 Å². The van der Waals surface area contributed by atoms with Gasteiger partial charge in [-0.2, -0.15) is 0 Å². The predicted molar refractivity (Wildman–Crippen MR) is 63.7 cm³/mol. The van der Waals surface area contributed by atoms with E-state index in [4.69, 9.17) is 0 Å². The highest BCUT2D eigenvalue weighted by molar-refractivity contribution is 4.99. The fraction of sp³-hybridized carbons (Fsp3) is 1.00. The van der Waals surface area contributed by atoms with Crippen molar-refractivity contribution in [1.29, 1.82) is 0 Å². The van der Waals surface area contributed by atoms with E-state index >= 15 is 0 Å². The van der Waals surface area contributed by atoms with Crippen LogP contribution in [0.4, 0.5) is 0 Å². The maximum absolute atomic E-state index is 10.5. The van der Waals surface area contributed by atoms with Crippen molar-refractivity contribution in [3.63, 3.8) is 0 Å². The van der Waals surface area contributed by atoms with Crippen LogP contribution in [0.25, 0.3) is 0 Å². The first-order valence-corrected chi connectivity index (χ1v) is 6.90. The van der Waals surface area contributed by atoms with E-state index < -0.39 is 0 Å². The maximum Gasteiger partial charge on any atom is 0.0601 e. The van der Waals surface area contributed by atoms with Crippen LogP contribution >= 0.6 is 0 Å². The minimum absolute atomic E-state index is 0.00787. The van der Waals surface area contributed by atoms with Crippen LogP contribution in [0.1, 0.15) is 65.2 Å². The Morgan fingerprint density at radius 3 is 2.60 bits per heavy atom. The summed E-state index contributed by atoms with van der Waals surface area (Å²) in [6.45, 7) is 4.70. The number of hydrogen-bond acceptors (Lipinski definition) is 1. The van der Waals surface area contributed by atoms with Crippen molar-refractivity contribution in [2.75, 3.05) is 0 Å². The number of rotatable bonds is 1. The van der Waals surface area contributed by atoms with Gasteiger partial charge < -0.3 is 5.11 Å². The average molecular weight is 210 g/mol. The summed E-state index contributed by atoms with van der Waals surface area (Å²) in [4.78, 5) is 0. The Balaban J connectivity index is 2.24. The smallest absolute Gasteiger partial charge is 0.0601 e. The van der Waals surface area contributed by atoms with Gasteiger partial charge in [-0.3, -0.25) is 0 Å². The second-order valence-electron chi connectivity index (χ2n) is 5.81. The molecular weight excluding hydrogens is 184 g/mol. The van der Waals surface area contributed by atoms with E-state index in [2.05, 4.69) is 13.8 Å². The van der Waals surface area contributed by atoms with Crippen LogP contribution in [-0.2, 0) is 0 Å². The van der Waals surface area contributed by atoms with E-state index in [9.17, 15) is 5.11 Å². The lowest BCUT2D eigenvalue weighted by Gasteiger charge is -2.54. The summed E-state index contributed by atoms with van der Waals surface area (Å²) in [6.07, 6.45) is 10.3. The Morgan fingerprint density at radius 2 is 1.93 bits per heavy atom. The molecule has 2 saturated carbocycles. The molecular formula is C14H26O. The second kappa shape index (κ2) is 4.45. The number of aliphatic hydroxyl groups is 1. The fourth-order valence-electron chi connectivity index (χ4n) is 4.45. The van der Waals surface area contributed by atoms with E-state index in [-0.39, 0.29) is 6.10 Å². The van der Waals surface area contributed by atoms with Crippen molar-refractivity contribution in [2.24, 2.45) is 17.3 Å². The van der Waals surface area contributed by atoms with Crippen LogP contribution in [-0.4, -0.2) is 11.2 Å². The molecule has 0 aromatic rings. The molecule has 2 rings (SSSR count). The molecule has 0 aromatic heterocycles. The summed E-state index contributed by atoms with van der Waals surface area (Å²) in [5.41, 5.74) is 0.297. The summed E-state index contributed by atoms with van der Waals surface area (Å²) in [7, 11) is 0. The van der Waals surface area contributed by atoms with Gasteiger partial charge in [0.1, 0.15) is 0 Å². The quantitative estimate of drug-likeness (QED) is 0.699. The lowest BCUT2D eigenvalue weighted by Crippen LogP contribution is -2.50. The van der Waals surface area contributed by atoms with Gasteiger partial charge in [-0.05, 0) is 31.1 Å². The van der Waals surface area contributed by atoms with Gasteiger partial charge in [0.05, 0.1) is 6.10 Å². The molecule has 4 atom stereocenters. The molecule has 0 saturated heterocycles. The van der Waals surface area contributed by atoms with Gasteiger partial charge in [0.2, 0.25) is 0 Å². The first-order chi connectivity index (χ1) is 7.21. The monoisotopic (exact) mass is 210 g/mol. The molecule has 2 aliphatic rings. The Kier molecular flexibility index (Phi) is 3.39. The molecule has 0 amide bonds. The highest BCUT2D eigenvalue weighted by Gasteiger charge is 2.50. The Bertz CT molecular complexity index is 203. The van der Waals surface area contributed by atoms with E-state index in [1.54, 1.807) is 0 Å². The maximum atomic E-state index is 10.5. The van der Waals surface area contributed by atoms with Gasteiger partial charge in [0, 0.05) is 5.41 Å². The third kappa shape index (κ3) is 1.73. The van der Waals surface area contributed by atoms with Gasteiger partial charge >= 0.3 is 0 Å². The molecule has 0 aromatic carbocycles. The highest BCUT2D eigenvalue weighted by atomic mass is 16.3. The molecule has 15 heavy (non-hydrogen) atoms. The zero-order valence-corrected chi connectivity index (χ0v) is 10.3. The van der Waals surface area contributed by atoms with E-state index in [0.717, 1.165) is 18.3 Å². The molecule has 0 bridgehead atoms. The SMILES string of the molecule is CCC1CCCC(C)C12CCCCC2O. The van der Waals surface area contributed by atoms with E-state index in [1.807, 2.05) is 0 Å². The summed E-state index contributed by atoms with van der Waals surface area (Å²) in [5, 5.41) is 10.5. The minimum atomic E-state index is -0.00787.